The molecule has 0 atom stereocenters. The van der Waals surface area contributed by atoms with E-state index in [1.54, 1.807) is 12.1 Å². The van der Waals surface area contributed by atoms with E-state index in [0.29, 0.717) is 11.4 Å². The monoisotopic (exact) mass is 260 g/mol. The van der Waals surface area contributed by atoms with Gasteiger partial charge in [0.1, 0.15) is 5.75 Å². The zero-order valence-electron chi connectivity index (χ0n) is 10.6. The Bertz CT molecular complexity index is 592. The van der Waals surface area contributed by atoms with Gasteiger partial charge in [0.2, 0.25) is 0 Å². The number of phenols is 1. The predicted octanol–water partition coefficient (Wildman–Crippen LogP) is 1.90. The van der Waals surface area contributed by atoms with Gasteiger partial charge in [-0.15, -0.1) is 0 Å². The smallest absolute Gasteiger partial charge is 0.257 e. The third-order valence-corrected chi connectivity index (χ3v) is 2.68. The van der Waals surface area contributed by atoms with Crippen LogP contribution in [-0.2, 0) is 6.42 Å². The van der Waals surface area contributed by atoms with Crippen LogP contribution in [0.2, 0.25) is 0 Å². The fourth-order valence-electron chi connectivity index (χ4n) is 1.70. The Morgan fingerprint density at radius 1 is 1.47 bits per heavy atom. The van der Waals surface area contributed by atoms with Crippen LogP contribution in [0.25, 0.3) is 0 Å². The van der Waals surface area contributed by atoms with Crippen LogP contribution >= 0.6 is 0 Å². The van der Waals surface area contributed by atoms with Gasteiger partial charge in [-0.1, -0.05) is 13.3 Å². The van der Waals surface area contributed by atoms with Gasteiger partial charge in [0.05, 0.1) is 5.69 Å². The van der Waals surface area contributed by atoms with E-state index in [9.17, 15) is 9.90 Å². The molecule has 0 saturated carbocycles. The van der Waals surface area contributed by atoms with Crippen molar-refractivity contribution in [1.82, 2.24) is 10.2 Å². The highest BCUT2D eigenvalue weighted by molar-refractivity contribution is 6.04. The predicted molar refractivity (Wildman–Crippen MR) is 73.1 cm³/mol. The summed E-state index contributed by atoms with van der Waals surface area (Å²) in [5.74, 6) is 0.0102. The molecule has 1 aromatic heterocycles. The Hall–Kier alpha value is -2.50. The molecule has 1 amide bonds. The van der Waals surface area contributed by atoms with Crippen LogP contribution in [0.1, 0.15) is 29.4 Å². The highest BCUT2D eigenvalue weighted by atomic mass is 16.3. The number of aromatic nitrogens is 2. The summed E-state index contributed by atoms with van der Waals surface area (Å²) in [7, 11) is 0. The number of hydrogen-bond donors (Lipinski definition) is 4. The molecule has 0 aliphatic rings. The van der Waals surface area contributed by atoms with Crippen LogP contribution in [0, 0.1) is 0 Å². The lowest BCUT2D eigenvalue weighted by Gasteiger charge is -2.03. The quantitative estimate of drug-likeness (QED) is 0.498. The number of nitrogens with zero attached hydrogens (tertiary/aromatic N) is 1. The molecular weight excluding hydrogens is 244 g/mol. The zero-order valence-corrected chi connectivity index (χ0v) is 10.6. The van der Waals surface area contributed by atoms with E-state index in [0.717, 1.165) is 18.5 Å². The average molecular weight is 260 g/mol. The largest absolute Gasteiger partial charge is 0.506 e. The summed E-state index contributed by atoms with van der Waals surface area (Å²) >= 11 is 0. The molecule has 19 heavy (non-hydrogen) atoms. The van der Waals surface area contributed by atoms with E-state index in [1.807, 2.05) is 0 Å². The fraction of sp³-hybridized carbons (Fsp3) is 0.231. The summed E-state index contributed by atoms with van der Waals surface area (Å²) in [4.78, 5) is 11.9. The molecule has 6 nitrogen and oxygen atoms in total. The fourth-order valence-corrected chi connectivity index (χ4v) is 1.70. The van der Waals surface area contributed by atoms with Gasteiger partial charge in [-0.25, -0.2) is 0 Å². The highest BCUT2D eigenvalue weighted by Gasteiger charge is 2.10. The van der Waals surface area contributed by atoms with Crippen molar-refractivity contribution in [3.63, 3.8) is 0 Å². The van der Waals surface area contributed by atoms with E-state index >= 15 is 0 Å². The second-order valence-corrected chi connectivity index (χ2v) is 4.26. The van der Waals surface area contributed by atoms with Crippen LogP contribution in [0.15, 0.2) is 24.3 Å². The third-order valence-electron chi connectivity index (χ3n) is 2.68. The first-order valence-electron chi connectivity index (χ1n) is 6.04. The Morgan fingerprint density at radius 3 is 2.95 bits per heavy atom. The first-order chi connectivity index (χ1) is 9.10. The number of carbonyl (C=O) groups is 1. The number of nitrogens with two attached hydrogens (primary N) is 1. The Labute approximate surface area is 110 Å². The van der Waals surface area contributed by atoms with E-state index < -0.39 is 0 Å². The van der Waals surface area contributed by atoms with E-state index in [4.69, 9.17) is 5.73 Å². The maximum Gasteiger partial charge on any atom is 0.257 e. The number of aryl methyl sites for hydroxylation is 1. The summed E-state index contributed by atoms with van der Waals surface area (Å²) in [6.45, 7) is 2.07. The molecule has 2 rings (SSSR count). The van der Waals surface area contributed by atoms with Crippen molar-refractivity contribution in [3.05, 3.63) is 35.5 Å². The van der Waals surface area contributed by atoms with Gasteiger partial charge in [-0.05, 0) is 24.6 Å². The molecule has 0 radical (unpaired) electrons. The molecule has 6 heteroatoms. The molecule has 0 aliphatic carbocycles. The minimum Gasteiger partial charge on any atom is -0.506 e. The molecule has 0 unspecified atom stereocenters. The Balaban J connectivity index is 2.09. The molecule has 0 aliphatic heterocycles. The Morgan fingerprint density at radius 2 is 2.26 bits per heavy atom. The normalized spacial score (nSPS) is 10.4. The minimum atomic E-state index is -0.343. The number of nitrogens with one attached hydrogen (secondary N) is 2. The van der Waals surface area contributed by atoms with Crippen molar-refractivity contribution >= 4 is 17.4 Å². The summed E-state index contributed by atoms with van der Waals surface area (Å²) in [5.41, 5.74) is 7.01. The molecule has 2 aromatic rings. The number of carbonyl (C=O) groups excluding carboxylic acids is 1. The molecule has 1 heterocycles. The standard InChI is InChI=1S/C13H16N4O2/c1-2-3-9-7-12(17-16-9)15-13(19)8-4-5-10(14)11(18)6-8/h4-7,18H,2-3,14H2,1H3,(H2,15,16,17,19). The van der Waals surface area contributed by atoms with Crippen molar-refractivity contribution in [3.8, 4) is 5.75 Å². The first-order valence-corrected chi connectivity index (χ1v) is 6.04. The van der Waals surface area contributed by atoms with Crippen LogP contribution in [0.3, 0.4) is 0 Å². The van der Waals surface area contributed by atoms with Crippen molar-refractivity contribution in [1.29, 1.82) is 0 Å². The molecule has 5 N–H and O–H groups in total. The number of nitrogen functional groups attached to an aromatic ring is 1. The van der Waals surface area contributed by atoms with Gasteiger partial charge in [0, 0.05) is 17.3 Å². The lowest BCUT2D eigenvalue weighted by molar-refractivity contribution is 0.102. The Kier molecular flexibility index (Phi) is 3.70. The van der Waals surface area contributed by atoms with Crippen LogP contribution in [0.5, 0.6) is 5.75 Å². The van der Waals surface area contributed by atoms with Crippen LogP contribution < -0.4 is 11.1 Å². The summed E-state index contributed by atoms with van der Waals surface area (Å²) < 4.78 is 0. The molecule has 0 bridgehead atoms. The van der Waals surface area contributed by atoms with E-state index in [1.165, 1.54) is 12.1 Å². The number of rotatable bonds is 4. The van der Waals surface area contributed by atoms with Gasteiger partial charge in [0.15, 0.2) is 5.82 Å². The van der Waals surface area contributed by atoms with Crippen LogP contribution in [0.4, 0.5) is 11.5 Å². The van der Waals surface area contributed by atoms with Gasteiger partial charge >= 0.3 is 0 Å². The van der Waals surface area contributed by atoms with Gasteiger partial charge in [-0.2, -0.15) is 5.10 Å². The molecule has 1 aromatic carbocycles. The topological polar surface area (TPSA) is 104 Å². The lowest BCUT2D eigenvalue weighted by Crippen LogP contribution is -2.12. The van der Waals surface area contributed by atoms with Crippen molar-refractivity contribution < 1.29 is 9.90 Å². The molecule has 100 valence electrons. The molecular formula is C13H16N4O2. The van der Waals surface area contributed by atoms with Gasteiger partial charge in [-0.3, -0.25) is 9.89 Å². The van der Waals surface area contributed by atoms with Crippen molar-refractivity contribution in [2.45, 2.75) is 19.8 Å². The third kappa shape index (κ3) is 3.04. The number of benzene rings is 1. The lowest BCUT2D eigenvalue weighted by atomic mass is 10.2. The number of amides is 1. The average Bonchev–Trinajstić information content (AvgIpc) is 2.80. The number of aromatic hydroxyl groups is 1. The molecule has 0 spiro atoms. The highest BCUT2D eigenvalue weighted by Crippen LogP contribution is 2.21. The van der Waals surface area contributed by atoms with Crippen LogP contribution in [-0.4, -0.2) is 21.2 Å². The summed E-state index contributed by atoms with van der Waals surface area (Å²) in [5, 5.41) is 19.0. The van der Waals surface area contributed by atoms with E-state index in [2.05, 4.69) is 22.4 Å². The zero-order chi connectivity index (χ0) is 13.8. The summed E-state index contributed by atoms with van der Waals surface area (Å²) in [6.07, 6.45) is 1.88. The van der Waals surface area contributed by atoms with Gasteiger partial charge in [0.25, 0.3) is 5.91 Å². The summed E-state index contributed by atoms with van der Waals surface area (Å²) in [6, 6.07) is 6.14. The number of phenolic OH excluding ortho intramolecular Hbond substituents is 1. The second-order valence-electron chi connectivity index (χ2n) is 4.26. The van der Waals surface area contributed by atoms with Crippen molar-refractivity contribution in [2.75, 3.05) is 11.1 Å². The first kappa shape index (κ1) is 12.9. The minimum absolute atomic E-state index is 0.110. The molecule has 0 fully saturated rings. The van der Waals surface area contributed by atoms with E-state index in [-0.39, 0.29) is 17.3 Å². The SMILES string of the molecule is CCCc1cc(NC(=O)c2ccc(N)c(O)c2)n[nH]1. The number of H-pyrrole nitrogens is 1. The maximum absolute atomic E-state index is 11.9. The number of aromatic amines is 1. The number of hydrogen-bond acceptors (Lipinski definition) is 4. The van der Waals surface area contributed by atoms with Gasteiger partial charge < -0.3 is 16.2 Å². The second kappa shape index (κ2) is 5.43. The number of anilines is 2. The molecule has 0 saturated heterocycles. The maximum atomic E-state index is 11.9. The van der Waals surface area contributed by atoms with Crippen molar-refractivity contribution in [2.24, 2.45) is 0 Å².